The van der Waals surface area contributed by atoms with Gasteiger partial charge in [-0.3, -0.25) is 4.79 Å². The highest BCUT2D eigenvalue weighted by Gasteiger charge is 2.12. The smallest absolute Gasteiger partial charge is 0.328 e. The van der Waals surface area contributed by atoms with Gasteiger partial charge in [-0.1, -0.05) is 6.07 Å². The van der Waals surface area contributed by atoms with Crippen molar-refractivity contribution >= 4 is 35.0 Å². The first-order valence-corrected chi connectivity index (χ1v) is 6.92. The van der Waals surface area contributed by atoms with Crippen LogP contribution in [0.4, 0.5) is 5.69 Å². The summed E-state index contributed by atoms with van der Waals surface area (Å²) in [7, 11) is 1.55. The number of carboxylic acids is 1. The molecule has 0 aliphatic heterocycles. The number of anilines is 1. The van der Waals surface area contributed by atoms with Crippen molar-refractivity contribution in [3.8, 4) is 5.75 Å². The van der Waals surface area contributed by atoms with Crippen LogP contribution >= 0.6 is 11.3 Å². The maximum atomic E-state index is 12.2. The third-order valence-corrected chi connectivity index (χ3v) is 3.56. The lowest BCUT2D eigenvalue weighted by atomic mass is 10.2. The fourth-order valence-electron chi connectivity index (χ4n) is 1.68. The van der Waals surface area contributed by atoms with Gasteiger partial charge in [0.05, 0.1) is 12.0 Å². The Kier molecular flexibility index (Phi) is 4.73. The molecule has 0 unspecified atom stereocenters. The molecule has 108 valence electrons. The van der Waals surface area contributed by atoms with Crippen molar-refractivity contribution in [1.82, 2.24) is 0 Å². The van der Waals surface area contributed by atoms with Gasteiger partial charge >= 0.3 is 5.97 Å². The Balaban J connectivity index is 2.17. The Morgan fingerprint density at radius 1 is 1.33 bits per heavy atom. The molecule has 21 heavy (non-hydrogen) atoms. The normalized spacial score (nSPS) is 10.5. The lowest BCUT2D eigenvalue weighted by molar-refractivity contribution is -0.131. The molecule has 1 aromatic carbocycles. The zero-order chi connectivity index (χ0) is 15.2. The molecule has 2 rings (SSSR count). The highest BCUT2D eigenvalue weighted by atomic mass is 32.1. The number of hydrogen-bond donors (Lipinski definition) is 2. The molecule has 0 saturated carbocycles. The number of carboxylic acid groups (broad SMARTS) is 1. The topological polar surface area (TPSA) is 75.6 Å². The third kappa shape index (κ3) is 3.93. The molecule has 0 fully saturated rings. The number of aliphatic carboxylic acids is 1. The van der Waals surface area contributed by atoms with Crippen LogP contribution in [0.3, 0.4) is 0 Å². The summed E-state index contributed by atoms with van der Waals surface area (Å²) in [5.41, 5.74) is 1.18. The Labute approximate surface area is 125 Å². The van der Waals surface area contributed by atoms with E-state index in [1.165, 1.54) is 17.4 Å². The molecule has 5 nitrogen and oxygen atoms in total. The molecule has 1 aromatic heterocycles. The molecule has 0 aliphatic rings. The van der Waals surface area contributed by atoms with Crippen LogP contribution in [0.25, 0.3) is 6.08 Å². The van der Waals surface area contributed by atoms with Crippen molar-refractivity contribution in [2.45, 2.75) is 0 Å². The van der Waals surface area contributed by atoms with Gasteiger partial charge < -0.3 is 15.2 Å². The molecule has 1 heterocycles. The van der Waals surface area contributed by atoms with Gasteiger partial charge in [-0.05, 0) is 35.2 Å². The van der Waals surface area contributed by atoms with Gasteiger partial charge in [-0.2, -0.15) is 0 Å². The van der Waals surface area contributed by atoms with E-state index in [-0.39, 0.29) is 5.91 Å². The molecular formula is C15H13NO4S. The number of methoxy groups -OCH3 is 1. The van der Waals surface area contributed by atoms with Crippen LogP contribution in [0.15, 0.2) is 41.8 Å². The molecular weight excluding hydrogens is 290 g/mol. The van der Waals surface area contributed by atoms with E-state index in [4.69, 9.17) is 9.84 Å². The van der Waals surface area contributed by atoms with Crippen LogP contribution in [-0.4, -0.2) is 24.1 Å². The predicted molar refractivity (Wildman–Crippen MR) is 81.9 cm³/mol. The summed E-state index contributed by atoms with van der Waals surface area (Å²) < 4.78 is 5.09. The minimum atomic E-state index is -1.06. The maximum Gasteiger partial charge on any atom is 0.328 e. The Morgan fingerprint density at radius 3 is 2.86 bits per heavy atom. The zero-order valence-corrected chi connectivity index (χ0v) is 12.0. The summed E-state index contributed by atoms with van der Waals surface area (Å²) in [5, 5.41) is 13.1. The number of nitrogens with one attached hydrogen (secondary N) is 1. The van der Waals surface area contributed by atoms with Crippen molar-refractivity contribution < 1.29 is 19.4 Å². The number of carbonyl (C=O) groups is 2. The van der Waals surface area contributed by atoms with Gasteiger partial charge in [0.25, 0.3) is 5.91 Å². The maximum absolute atomic E-state index is 12.2. The number of benzene rings is 1. The number of hydrogen-bond acceptors (Lipinski definition) is 4. The van der Waals surface area contributed by atoms with Crippen LogP contribution in [0.1, 0.15) is 15.2 Å². The lowest BCUT2D eigenvalue weighted by Crippen LogP contribution is -2.11. The summed E-state index contributed by atoms with van der Waals surface area (Å²) in [5.74, 6) is -0.700. The van der Waals surface area contributed by atoms with Crippen LogP contribution < -0.4 is 10.1 Å². The highest BCUT2D eigenvalue weighted by Crippen LogP contribution is 2.22. The number of carbonyl (C=O) groups excluding carboxylic acids is 1. The number of rotatable bonds is 5. The highest BCUT2D eigenvalue weighted by molar-refractivity contribution is 7.12. The van der Waals surface area contributed by atoms with Gasteiger partial charge in [0.2, 0.25) is 0 Å². The molecule has 0 bridgehead atoms. The Bertz CT molecular complexity index is 690. The summed E-state index contributed by atoms with van der Waals surface area (Å²) >= 11 is 1.25. The average Bonchev–Trinajstić information content (AvgIpc) is 2.93. The number of ether oxygens (including phenoxy) is 1. The lowest BCUT2D eigenvalue weighted by Gasteiger charge is -2.06. The third-order valence-electron chi connectivity index (χ3n) is 2.63. The predicted octanol–water partition coefficient (Wildman–Crippen LogP) is 3.11. The molecule has 0 atom stereocenters. The monoisotopic (exact) mass is 303 g/mol. The van der Waals surface area contributed by atoms with Crippen LogP contribution in [0.5, 0.6) is 5.75 Å². The molecule has 1 amide bonds. The summed E-state index contributed by atoms with van der Waals surface area (Å²) in [6, 6.07) is 8.71. The SMILES string of the molecule is COc1cccc(NC(=O)c2sccc2C=CC(=O)O)c1. The molecule has 0 spiro atoms. The Morgan fingerprint density at radius 2 is 2.14 bits per heavy atom. The fraction of sp³-hybridized carbons (Fsp3) is 0.0667. The van der Waals surface area contributed by atoms with Gasteiger partial charge in [-0.25, -0.2) is 4.79 Å². The van der Waals surface area contributed by atoms with Crippen LogP contribution in [0, 0.1) is 0 Å². The van der Waals surface area contributed by atoms with Gasteiger partial charge in [0.1, 0.15) is 5.75 Å². The largest absolute Gasteiger partial charge is 0.497 e. The summed E-state index contributed by atoms with van der Waals surface area (Å²) in [4.78, 5) is 23.2. The summed E-state index contributed by atoms with van der Waals surface area (Å²) in [6.45, 7) is 0. The van der Waals surface area contributed by atoms with Crippen LogP contribution in [0.2, 0.25) is 0 Å². The van der Waals surface area contributed by atoms with Crippen molar-refractivity contribution in [2.24, 2.45) is 0 Å². The first-order chi connectivity index (χ1) is 10.1. The van der Waals surface area contributed by atoms with Crippen molar-refractivity contribution in [3.63, 3.8) is 0 Å². The molecule has 0 saturated heterocycles. The first kappa shape index (κ1) is 14.8. The molecule has 6 heteroatoms. The van der Waals surface area contributed by atoms with Crippen molar-refractivity contribution in [2.75, 3.05) is 12.4 Å². The fourth-order valence-corrected chi connectivity index (χ4v) is 2.47. The average molecular weight is 303 g/mol. The molecule has 0 radical (unpaired) electrons. The molecule has 2 aromatic rings. The second kappa shape index (κ2) is 6.71. The van der Waals surface area contributed by atoms with Crippen LogP contribution in [-0.2, 0) is 4.79 Å². The van der Waals surface area contributed by atoms with E-state index in [2.05, 4.69) is 5.32 Å². The first-order valence-electron chi connectivity index (χ1n) is 6.04. The van der Waals surface area contributed by atoms with E-state index in [0.29, 0.717) is 21.9 Å². The second-order valence-corrected chi connectivity index (χ2v) is 4.98. The van der Waals surface area contributed by atoms with E-state index in [1.54, 1.807) is 42.8 Å². The molecule has 2 N–H and O–H groups in total. The molecule has 0 aliphatic carbocycles. The van der Waals surface area contributed by atoms with E-state index >= 15 is 0 Å². The van der Waals surface area contributed by atoms with E-state index < -0.39 is 5.97 Å². The standard InChI is InChI=1S/C15H13NO4S/c1-20-12-4-2-3-11(9-12)16-15(19)14-10(7-8-21-14)5-6-13(17)18/h2-9H,1H3,(H,16,19)(H,17,18). The van der Waals surface area contributed by atoms with E-state index in [9.17, 15) is 9.59 Å². The summed E-state index contributed by atoms with van der Waals surface area (Å²) in [6.07, 6.45) is 2.41. The van der Waals surface area contributed by atoms with Gasteiger partial charge in [-0.15, -0.1) is 11.3 Å². The number of thiophene rings is 1. The minimum absolute atomic E-state index is 0.289. The Hall–Kier alpha value is -2.60. The second-order valence-electron chi connectivity index (χ2n) is 4.06. The van der Waals surface area contributed by atoms with Gasteiger partial charge in [0, 0.05) is 17.8 Å². The van der Waals surface area contributed by atoms with E-state index in [0.717, 1.165) is 6.08 Å². The van der Waals surface area contributed by atoms with Crippen molar-refractivity contribution in [1.29, 1.82) is 0 Å². The minimum Gasteiger partial charge on any atom is -0.497 e. The van der Waals surface area contributed by atoms with E-state index in [1.807, 2.05) is 0 Å². The van der Waals surface area contributed by atoms with Crippen molar-refractivity contribution in [3.05, 3.63) is 52.2 Å². The zero-order valence-electron chi connectivity index (χ0n) is 11.2. The van der Waals surface area contributed by atoms with Gasteiger partial charge in [0.15, 0.2) is 0 Å². The quantitative estimate of drug-likeness (QED) is 0.832. The number of amides is 1.